The Balaban J connectivity index is 2.10. The summed E-state index contributed by atoms with van der Waals surface area (Å²) < 4.78 is 32.0. The molecule has 148 valence electrons. The van der Waals surface area contributed by atoms with Crippen LogP contribution >= 0.6 is 0 Å². The molecule has 0 spiro atoms. The maximum atomic E-state index is 12.1. The SMILES string of the molecule is OC[C@H]1O[C@@H](O)[C@H](O)[C@@H](O)[C@@H]1O[C@@H]1O[C@H](COCF)[C@@H](O)[C@H](O)[C@H]1O. The van der Waals surface area contributed by atoms with Crippen LogP contribution in [0.1, 0.15) is 0 Å². The first-order valence-corrected chi connectivity index (χ1v) is 7.61. The number of halogens is 1. The minimum atomic E-state index is -1.76. The lowest BCUT2D eigenvalue weighted by atomic mass is 9.97. The summed E-state index contributed by atoms with van der Waals surface area (Å²) in [6.45, 7) is -2.31. The molecule has 2 aliphatic rings. The molecule has 7 N–H and O–H groups in total. The number of rotatable bonds is 6. The molecule has 2 aliphatic heterocycles. The van der Waals surface area contributed by atoms with Gasteiger partial charge in [-0.25, -0.2) is 4.39 Å². The van der Waals surface area contributed by atoms with Crippen LogP contribution in [0.15, 0.2) is 0 Å². The minimum absolute atomic E-state index is 0.449. The molecule has 25 heavy (non-hydrogen) atoms. The lowest BCUT2D eigenvalue weighted by Gasteiger charge is -2.45. The first kappa shape index (κ1) is 20.8. The average molecular weight is 374 g/mol. The Hall–Kier alpha value is -0.510. The number of hydrogen-bond donors (Lipinski definition) is 7. The van der Waals surface area contributed by atoms with Crippen molar-refractivity contribution in [2.24, 2.45) is 0 Å². The number of ether oxygens (including phenoxy) is 4. The van der Waals surface area contributed by atoms with Gasteiger partial charge in [-0.05, 0) is 0 Å². The molecule has 2 rings (SSSR count). The summed E-state index contributed by atoms with van der Waals surface area (Å²) in [5.41, 5.74) is 0. The smallest absolute Gasteiger partial charge is 0.188 e. The van der Waals surface area contributed by atoms with Gasteiger partial charge in [-0.2, -0.15) is 0 Å². The van der Waals surface area contributed by atoms with Gasteiger partial charge in [-0.3, -0.25) is 0 Å². The molecule has 2 fully saturated rings. The van der Waals surface area contributed by atoms with E-state index in [9.17, 15) is 40.1 Å². The van der Waals surface area contributed by atoms with E-state index >= 15 is 0 Å². The molecule has 0 amide bonds. The third-order valence-electron chi connectivity index (χ3n) is 4.16. The van der Waals surface area contributed by atoms with E-state index in [0.29, 0.717) is 0 Å². The molecule has 0 radical (unpaired) electrons. The highest BCUT2D eigenvalue weighted by Crippen LogP contribution is 2.28. The molecule has 0 bridgehead atoms. The van der Waals surface area contributed by atoms with Crippen molar-refractivity contribution in [1.82, 2.24) is 0 Å². The van der Waals surface area contributed by atoms with E-state index in [-0.39, 0.29) is 0 Å². The van der Waals surface area contributed by atoms with Gasteiger partial charge in [-0.1, -0.05) is 0 Å². The van der Waals surface area contributed by atoms with E-state index in [4.69, 9.17) is 14.2 Å². The minimum Gasteiger partial charge on any atom is -0.394 e. The number of alkyl halides is 1. The van der Waals surface area contributed by atoms with Crippen LogP contribution in [-0.4, -0.2) is 117 Å². The van der Waals surface area contributed by atoms with E-state index in [2.05, 4.69) is 4.74 Å². The van der Waals surface area contributed by atoms with Gasteiger partial charge < -0.3 is 54.7 Å². The predicted molar refractivity (Wildman–Crippen MR) is 73.5 cm³/mol. The van der Waals surface area contributed by atoms with Crippen LogP contribution in [0.3, 0.4) is 0 Å². The van der Waals surface area contributed by atoms with E-state index in [0.717, 1.165) is 0 Å². The second-order valence-electron chi connectivity index (χ2n) is 5.82. The van der Waals surface area contributed by atoms with E-state index in [1.807, 2.05) is 0 Å². The van der Waals surface area contributed by atoms with Gasteiger partial charge in [0.15, 0.2) is 19.4 Å². The maximum absolute atomic E-state index is 12.1. The third kappa shape index (κ3) is 4.43. The fourth-order valence-electron chi connectivity index (χ4n) is 2.72. The zero-order valence-corrected chi connectivity index (χ0v) is 13.0. The molecule has 11 nitrogen and oxygen atoms in total. The molecule has 0 saturated carbocycles. The highest BCUT2D eigenvalue weighted by molar-refractivity contribution is 4.93. The summed E-state index contributed by atoms with van der Waals surface area (Å²) in [6, 6.07) is 0. The number of hydrogen-bond acceptors (Lipinski definition) is 11. The molecule has 0 unspecified atom stereocenters. The Morgan fingerprint density at radius 3 is 2.08 bits per heavy atom. The Labute approximate surface area is 141 Å². The monoisotopic (exact) mass is 374 g/mol. The quantitative estimate of drug-likeness (QED) is 0.238. The molecule has 2 heterocycles. The summed E-state index contributed by atoms with van der Waals surface area (Å²) >= 11 is 0. The molecule has 0 aromatic carbocycles. The van der Waals surface area contributed by atoms with Crippen LogP contribution in [0.5, 0.6) is 0 Å². The van der Waals surface area contributed by atoms with Gasteiger partial charge in [0, 0.05) is 0 Å². The van der Waals surface area contributed by atoms with Crippen molar-refractivity contribution in [1.29, 1.82) is 0 Å². The van der Waals surface area contributed by atoms with Crippen LogP contribution in [0, 0.1) is 0 Å². The molecular formula is C13H23FO11. The van der Waals surface area contributed by atoms with Crippen molar-refractivity contribution in [3.8, 4) is 0 Å². The first-order chi connectivity index (χ1) is 11.8. The second kappa shape index (κ2) is 8.92. The summed E-state index contributed by atoms with van der Waals surface area (Å²) in [4.78, 5) is 0. The van der Waals surface area contributed by atoms with Crippen molar-refractivity contribution >= 4 is 0 Å². The van der Waals surface area contributed by atoms with Crippen molar-refractivity contribution in [3.63, 3.8) is 0 Å². The van der Waals surface area contributed by atoms with Gasteiger partial charge in [0.25, 0.3) is 0 Å². The van der Waals surface area contributed by atoms with Gasteiger partial charge in [-0.15, -0.1) is 0 Å². The molecule has 10 atom stereocenters. The molecular weight excluding hydrogens is 351 g/mol. The third-order valence-corrected chi connectivity index (χ3v) is 4.16. The van der Waals surface area contributed by atoms with Crippen LogP contribution in [-0.2, 0) is 18.9 Å². The molecule has 2 saturated heterocycles. The lowest BCUT2D eigenvalue weighted by Crippen LogP contribution is -2.64. The van der Waals surface area contributed by atoms with E-state index < -0.39 is 81.5 Å². The van der Waals surface area contributed by atoms with Crippen LogP contribution in [0.4, 0.5) is 4.39 Å². The fourth-order valence-corrected chi connectivity index (χ4v) is 2.72. The Morgan fingerprint density at radius 1 is 0.800 bits per heavy atom. The number of aliphatic hydroxyl groups excluding tert-OH is 7. The molecule has 0 aliphatic carbocycles. The maximum Gasteiger partial charge on any atom is 0.188 e. The highest BCUT2D eigenvalue weighted by Gasteiger charge is 2.50. The van der Waals surface area contributed by atoms with Crippen molar-refractivity contribution < 1.29 is 59.1 Å². The van der Waals surface area contributed by atoms with Crippen molar-refractivity contribution in [2.75, 3.05) is 20.1 Å². The van der Waals surface area contributed by atoms with Crippen molar-refractivity contribution in [2.45, 2.75) is 61.4 Å². The van der Waals surface area contributed by atoms with Gasteiger partial charge in [0.1, 0.15) is 48.8 Å². The van der Waals surface area contributed by atoms with Crippen molar-refractivity contribution in [3.05, 3.63) is 0 Å². The first-order valence-electron chi connectivity index (χ1n) is 7.61. The standard InChI is InChI=1S/C13H23FO11/c14-3-22-2-5-6(16)7(17)10(20)13(24-5)25-11-4(1-15)23-12(21)9(19)8(11)18/h4-13,15-21H,1-3H2/t4-,5-,6-,7+,8-,9-,10-,11-,12-,13+/m1/s1. The average Bonchev–Trinajstić information content (AvgIpc) is 2.60. The summed E-state index contributed by atoms with van der Waals surface area (Å²) in [5, 5.41) is 68.0. The largest absolute Gasteiger partial charge is 0.394 e. The zero-order valence-electron chi connectivity index (χ0n) is 13.0. The predicted octanol–water partition coefficient (Wildman–Crippen LogP) is -4.45. The normalized spacial score (nSPS) is 48.5. The molecule has 0 aromatic heterocycles. The summed E-state index contributed by atoms with van der Waals surface area (Å²) in [6.07, 6.45) is -15.9. The lowest BCUT2D eigenvalue weighted by molar-refractivity contribution is -0.356. The van der Waals surface area contributed by atoms with Crippen LogP contribution < -0.4 is 0 Å². The Morgan fingerprint density at radius 2 is 1.48 bits per heavy atom. The summed E-state index contributed by atoms with van der Waals surface area (Å²) in [5.74, 6) is 0. The molecule has 0 aromatic rings. The van der Waals surface area contributed by atoms with E-state index in [1.165, 1.54) is 0 Å². The Kier molecular flexibility index (Phi) is 7.42. The summed E-state index contributed by atoms with van der Waals surface area (Å²) in [7, 11) is 0. The second-order valence-corrected chi connectivity index (χ2v) is 5.82. The fraction of sp³-hybridized carbons (Fsp3) is 1.00. The van der Waals surface area contributed by atoms with Crippen LogP contribution in [0.2, 0.25) is 0 Å². The zero-order chi connectivity index (χ0) is 18.7. The van der Waals surface area contributed by atoms with Crippen LogP contribution in [0.25, 0.3) is 0 Å². The van der Waals surface area contributed by atoms with E-state index in [1.54, 1.807) is 0 Å². The molecule has 12 heteroatoms. The Bertz CT molecular complexity index is 413. The van der Waals surface area contributed by atoms with Gasteiger partial charge >= 0.3 is 0 Å². The van der Waals surface area contributed by atoms with Gasteiger partial charge in [0.2, 0.25) is 0 Å². The number of aliphatic hydroxyl groups is 7. The van der Waals surface area contributed by atoms with Gasteiger partial charge in [0.05, 0.1) is 13.2 Å². The highest BCUT2D eigenvalue weighted by atomic mass is 19.1. The topological polar surface area (TPSA) is 179 Å².